The fraction of sp³-hybridized carbons (Fsp3) is 0.174. The van der Waals surface area contributed by atoms with Crippen molar-refractivity contribution >= 4 is 22.6 Å². The lowest BCUT2D eigenvalue weighted by molar-refractivity contribution is 0.852. The lowest BCUT2D eigenvalue weighted by Gasteiger charge is -2.13. The number of rotatable bonds is 3. The summed E-state index contributed by atoms with van der Waals surface area (Å²) in [6.45, 7) is 5.92. The smallest absolute Gasteiger partial charge is 0.194 e. The molecule has 1 aromatic carbocycles. The van der Waals surface area contributed by atoms with Crippen LogP contribution in [0.3, 0.4) is 0 Å². The Morgan fingerprint density at radius 1 is 1.00 bits per heavy atom. The van der Waals surface area contributed by atoms with Crippen molar-refractivity contribution in [1.29, 1.82) is 0 Å². The molecule has 0 saturated carbocycles. The maximum atomic E-state index is 13.0. The van der Waals surface area contributed by atoms with Crippen molar-refractivity contribution in [2.75, 3.05) is 0 Å². The van der Waals surface area contributed by atoms with Crippen molar-refractivity contribution in [3.63, 3.8) is 0 Å². The van der Waals surface area contributed by atoms with Gasteiger partial charge in [-0.2, -0.15) is 0 Å². The van der Waals surface area contributed by atoms with Crippen molar-refractivity contribution in [1.82, 2.24) is 15.0 Å². The van der Waals surface area contributed by atoms with Crippen LogP contribution in [-0.2, 0) is 0 Å². The molecule has 0 bridgehead atoms. The number of hydrogen-bond acceptors (Lipinski definition) is 3. The lowest BCUT2D eigenvalue weighted by Crippen LogP contribution is -2.12. The quantitative estimate of drug-likeness (QED) is 0.454. The third-order valence-corrected chi connectivity index (χ3v) is 4.99. The van der Waals surface area contributed by atoms with Gasteiger partial charge >= 0.3 is 0 Å². The SMILES string of the molecule is Cc1cc(-c2cc3c(=O)c(C(C)C)c[nH]c3nc2-c2ccccc2)cc(Cl)n1. The van der Waals surface area contributed by atoms with Crippen molar-refractivity contribution < 1.29 is 0 Å². The number of halogens is 1. The Hall–Kier alpha value is -2.98. The average molecular weight is 390 g/mol. The zero-order valence-corrected chi connectivity index (χ0v) is 16.7. The van der Waals surface area contributed by atoms with Gasteiger partial charge in [0.05, 0.1) is 11.1 Å². The molecule has 28 heavy (non-hydrogen) atoms. The van der Waals surface area contributed by atoms with Gasteiger partial charge in [-0.1, -0.05) is 55.8 Å². The summed E-state index contributed by atoms with van der Waals surface area (Å²) in [7, 11) is 0. The van der Waals surface area contributed by atoms with Gasteiger partial charge in [0, 0.05) is 28.6 Å². The van der Waals surface area contributed by atoms with Crippen molar-refractivity contribution in [2.24, 2.45) is 0 Å². The van der Waals surface area contributed by atoms with E-state index in [2.05, 4.69) is 9.97 Å². The molecule has 0 aliphatic carbocycles. The van der Waals surface area contributed by atoms with Gasteiger partial charge in [0.15, 0.2) is 5.43 Å². The Balaban J connectivity index is 2.09. The number of nitrogens with zero attached hydrogens (tertiary/aromatic N) is 2. The van der Waals surface area contributed by atoms with E-state index in [-0.39, 0.29) is 11.3 Å². The molecule has 3 aromatic heterocycles. The number of aromatic nitrogens is 3. The van der Waals surface area contributed by atoms with Gasteiger partial charge in [-0.25, -0.2) is 9.97 Å². The Morgan fingerprint density at radius 3 is 2.43 bits per heavy atom. The highest BCUT2D eigenvalue weighted by Crippen LogP contribution is 2.33. The van der Waals surface area contributed by atoms with E-state index in [1.54, 1.807) is 6.20 Å². The van der Waals surface area contributed by atoms with E-state index in [1.807, 2.05) is 69.3 Å². The van der Waals surface area contributed by atoms with Gasteiger partial charge < -0.3 is 4.98 Å². The first-order valence-corrected chi connectivity index (χ1v) is 9.58. The standard InChI is InChI=1S/C23H20ClN3O/c1-13(2)19-12-25-23-18(22(19)28)11-17(16-9-14(3)26-20(24)10-16)21(27-23)15-7-5-4-6-8-15/h4-13H,1-3H3,(H,25,27,28). The van der Waals surface area contributed by atoms with E-state index in [0.29, 0.717) is 16.2 Å². The molecular weight excluding hydrogens is 370 g/mol. The van der Waals surface area contributed by atoms with Crippen molar-refractivity contribution in [2.45, 2.75) is 26.7 Å². The third-order valence-electron chi connectivity index (χ3n) is 4.80. The van der Waals surface area contributed by atoms with Crippen LogP contribution in [0.15, 0.2) is 59.5 Å². The number of aromatic amines is 1. The second kappa shape index (κ2) is 7.21. The minimum atomic E-state index is 0.00832. The Bertz CT molecular complexity index is 1210. The average Bonchev–Trinajstić information content (AvgIpc) is 2.67. The molecule has 0 aliphatic heterocycles. The zero-order valence-electron chi connectivity index (χ0n) is 16.0. The number of H-pyrrole nitrogens is 1. The summed E-state index contributed by atoms with van der Waals surface area (Å²) in [5.74, 6) is 0.128. The molecule has 0 radical (unpaired) electrons. The lowest BCUT2D eigenvalue weighted by atomic mass is 9.97. The van der Waals surface area contributed by atoms with E-state index in [0.717, 1.165) is 33.6 Å². The van der Waals surface area contributed by atoms with Crippen LogP contribution in [-0.4, -0.2) is 15.0 Å². The summed E-state index contributed by atoms with van der Waals surface area (Å²) < 4.78 is 0. The largest absolute Gasteiger partial charge is 0.346 e. The molecule has 0 atom stereocenters. The molecule has 5 heteroatoms. The van der Waals surface area contributed by atoms with Crippen molar-refractivity contribution in [3.8, 4) is 22.4 Å². The van der Waals surface area contributed by atoms with Crippen LogP contribution in [0.25, 0.3) is 33.4 Å². The fourth-order valence-electron chi connectivity index (χ4n) is 3.41. The fourth-order valence-corrected chi connectivity index (χ4v) is 3.66. The Labute approximate surface area is 168 Å². The van der Waals surface area contributed by atoms with Gasteiger partial charge in [0.25, 0.3) is 0 Å². The Morgan fingerprint density at radius 2 is 1.75 bits per heavy atom. The maximum absolute atomic E-state index is 13.0. The van der Waals surface area contributed by atoms with Gasteiger partial charge in [-0.3, -0.25) is 4.79 Å². The van der Waals surface area contributed by atoms with E-state index in [4.69, 9.17) is 16.6 Å². The highest BCUT2D eigenvalue weighted by Gasteiger charge is 2.16. The molecule has 4 aromatic rings. The van der Waals surface area contributed by atoms with Crippen LogP contribution in [0.4, 0.5) is 0 Å². The second-order valence-electron chi connectivity index (χ2n) is 7.19. The summed E-state index contributed by atoms with van der Waals surface area (Å²) >= 11 is 6.22. The van der Waals surface area contributed by atoms with E-state index in [9.17, 15) is 4.79 Å². The van der Waals surface area contributed by atoms with E-state index >= 15 is 0 Å². The predicted octanol–water partition coefficient (Wildman–Crippen LogP) is 5.74. The van der Waals surface area contributed by atoms with Crippen LogP contribution >= 0.6 is 11.6 Å². The van der Waals surface area contributed by atoms with Crippen LogP contribution in [0.5, 0.6) is 0 Å². The molecule has 0 fully saturated rings. The van der Waals surface area contributed by atoms with Crippen LogP contribution < -0.4 is 5.43 Å². The molecule has 0 aliphatic rings. The topological polar surface area (TPSA) is 58.6 Å². The molecule has 0 spiro atoms. The van der Waals surface area contributed by atoms with Gasteiger partial charge in [-0.15, -0.1) is 0 Å². The zero-order chi connectivity index (χ0) is 19.8. The summed E-state index contributed by atoms with van der Waals surface area (Å²) in [6, 6.07) is 15.6. The molecular formula is C23H20ClN3O. The maximum Gasteiger partial charge on any atom is 0.194 e. The van der Waals surface area contributed by atoms with E-state index in [1.165, 1.54) is 0 Å². The molecule has 3 heterocycles. The summed E-state index contributed by atoms with van der Waals surface area (Å²) in [5, 5.41) is 0.991. The first kappa shape index (κ1) is 18.4. The van der Waals surface area contributed by atoms with Crippen LogP contribution in [0, 0.1) is 6.92 Å². The minimum Gasteiger partial charge on any atom is -0.346 e. The van der Waals surface area contributed by atoms with Gasteiger partial charge in [0.2, 0.25) is 0 Å². The molecule has 0 amide bonds. The molecule has 1 N–H and O–H groups in total. The highest BCUT2D eigenvalue weighted by molar-refractivity contribution is 6.29. The van der Waals surface area contributed by atoms with Crippen LogP contribution in [0.1, 0.15) is 31.0 Å². The number of benzene rings is 1. The highest BCUT2D eigenvalue weighted by atomic mass is 35.5. The molecule has 4 rings (SSSR count). The van der Waals surface area contributed by atoms with Crippen LogP contribution in [0.2, 0.25) is 5.15 Å². The second-order valence-corrected chi connectivity index (χ2v) is 7.58. The number of hydrogen-bond donors (Lipinski definition) is 1. The molecule has 0 saturated heterocycles. The number of fused-ring (bicyclic) bond motifs is 1. The monoisotopic (exact) mass is 389 g/mol. The minimum absolute atomic E-state index is 0.00832. The molecule has 0 unspecified atom stereocenters. The number of aryl methyl sites for hydroxylation is 1. The molecule has 140 valence electrons. The molecule has 4 nitrogen and oxygen atoms in total. The summed E-state index contributed by atoms with van der Waals surface area (Å²) in [6.07, 6.45) is 1.77. The summed E-state index contributed by atoms with van der Waals surface area (Å²) in [4.78, 5) is 25.3. The number of pyridine rings is 3. The van der Waals surface area contributed by atoms with Gasteiger partial charge in [-0.05, 0) is 36.6 Å². The van der Waals surface area contributed by atoms with Crippen molar-refractivity contribution in [3.05, 3.63) is 81.4 Å². The first-order chi connectivity index (χ1) is 13.4. The normalized spacial score (nSPS) is 11.3. The third kappa shape index (κ3) is 3.32. The Kier molecular flexibility index (Phi) is 4.73. The predicted molar refractivity (Wildman–Crippen MR) is 115 cm³/mol. The number of nitrogens with one attached hydrogen (secondary N) is 1. The van der Waals surface area contributed by atoms with E-state index < -0.39 is 0 Å². The first-order valence-electron chi connectivity index (χ1n) is 9.20. The van der Waals surface area contributed by atoms with Gasteiger partial charge in [0.1, 0.15) is 10.8 Å². The summed E-state index contributed by atoms with van der Waals surface area (Å²) in [5.41, 5.74) is 5.66.